The average Bonchev–Trinajstić information content (AvgIpc) is 3.42. The number of hydrogen-bond donors (Lipinski definition) is 0. The standard InChI is InChI=1S/C40H23N3/c41-24-28-10-7-15-36-38(28)32-13-5-6-14-35(32)43(36)29-20-16-27(17-21-29)37-33-22-18-25-8-1-3-11-30(25)39(33)42-40-31-12-4-2-9-26(31)19-23-34(37)40/h1-23H. The van der Waals surface area contributed by atoms with Crippen LogP contribution < -0.4 is 0 Å². The van der Waals surface area contributed by atoms with Crippen LogP contribution in [0.3, 0.4) is 0 Å². The quantitative estimate of drug-likeness (QED) is 0.160. The first-order chi connectivity index (χ1) is 21.3. The Morgan fingerprint density at radius 1 is 0.488 bits per heavy atom. The van der Waals surface area contributed by atoms with Crippen LogP contribution >= 0.6 is 0 Å². The molecule has 0 atom stereocenters. The minimum Gasteiger partial charge on any atom is -0.309 e. The zero-order valence-corrected chi connectivity index (χ0v) is 23.1. The van der Waals surface area contributed by atoms with E-state index in [-0.39, 0.29) is 0 Å². The molecule has 0 bridgehead atoms. The van der Waals surface area contributed by atoms with Gasteiger partial charge in [-0.05, 0) is 46.7 Å². The summed E-state index contributed by atoms with van der Waals surface area (Å²) in [5.74, 6) is 0. The SMILES string of the molecule is N#Cc1cccc2c1c1ccccc1n2-c1ccc(-c2c3ccc4ccccc4c3nc3c2ccc2ccccc23)cc1. The highest BCUT2D eigenvalue weighted by molar-refractivity contribution is 6.21. The van der Waals surface area contributed by atoms with E-state index in [0.717, 1.165) is 65.6 Å². The van der Waals surface area contributed by atoms with E-state index in [1.807, 2.05) is 18.2 Å². The monoisotopic (exact) mass is 545 g/mol. The Labute approximate surface area is 247 Å². The van der Waals surface area contributed by atoms with Crippen molar-refractivity contribution >= 4 is 65.2 Å². The largest absolute Gasteiger partial charge is 0.309 e. The predicted molar refractivity (Wildman–Crippen MR) is 179 cm³/mol. The number of benzene rings is 7. The molecular formula is C40H23N3. The Bertz CT molecular complexity index is 2520. The van der Waals surface area contributed by atoms with Crippen LogP contribution in [0.25, 0.3) is 82.0 Å². The van der Waals surface area contributed by atoms with Crippen molar-refractivity contribution < 1.29 is 0 Å². The van der Waals surface area contributed by atoms with Crippen LogP contribution in [0.4, 0.5) is 0 Å². The number of nitriles is 1. The molecule has 0 aliphatic carbocycles. The van der Waals surface area contributed by atoms with Gasteiger partial charge in [-0.1, -0.05) is 109 Å². The smallest absolute Gasteiger partial charge is 0.0998 e. The van der Waals surface area contributed by atoms with E-state index in [1.54, 1.807) is 0 Å². The number of fused-ring (bicyclic) bond motifs is 9. The summed E-state index contributed by atoms with van der Waals surface area (Å²) in [5, 5.41) is 18.9. The molecule has 43 heavy (non-hydrogen) atoms. The van der Waals surface area contributed by atoms with Crippen LogP contribution in [0.15, 0.2) is 140 Å². The Morgan fingerprint density at radius 2 is 1.07 bits per heavy atom. The van der Waals surface area contributed by atoms with Crippen LogP contribution in [-0.4, -0.2) is 9.55 Å². The summed E-state index contributed by atoms with van der Waals surface area (Å²) in [4.78, 5) is 5.33. The summed E-state index contributed by atoms with van der Waals surface area (Å²) < 4.78 is 2.26. The highest BCUT2D eigenvalue weighted by atomic mass is 15.0. The second-order valence-corrected chi connectivity index (χ2v) is 11.1. The molecule has 9 rings (SSSR count). The van der Waals surface area contributed by atoms with E-state index in [1.165, 1.54) is 16.3 Å². The maximum Gasteiger partial charge on any atom is 0.0998 e. The van der Waals surface area contributed by atoms with Crippen molar-refractivity contribution in [3.63, 3.8) is 0 Å². The minimum atomic E-state index is 0.693. The molecule has 0 amide bonds. The molecular weight excluding hydrogens is 522 g/mol. The van der Waals surface area contributed by atoms with Gasteiger partial charge in [-0.15, -0.1) is 0 Å². The minimum absolute atomic E-state index is 0.693. The van der Waals surface area contributed by atoms with Gasteiger partial charge < -0.3 is 4.57 Å². The first kappa shape index (κ1) is 23.7. The normalized spacial score (nSPS) is 11.7. The van der Waals surface area contributed by atoms with E-state index >= 15 is 0 Å². The van der Waals surface area contributed by atoms with Gasteiger partial charge in [0.15, 0.2) is 0 Å². The highest BCUT2D eigenvalue weighted by Gasteiger charge is 2.17. The zero-order valence-electron chi connectivity index (χ0n) is 23.1. The van der Waals surface area contributed by atoms with E-state index in [9.17, 15) is 5.26 Å². The van der Waals surface area contributed by atoms with Gasteiger partial charge in [0.1, 0.15) is 0 Å². The Kier molecular flexibility index (Phi) is 4.97. The number of nitrogens with zero attached hydrogens (tertiary/aromatic N) is 3. The van der Waals surface area contributed by atoms with Crippen molar-refractivity contribution in [2.24, 2.45) is 0 Å². The Balaban J connectivity index is 1.34. The summed E-state index contributed by atoms with van der Waals surface area (Å²) >= 11 is 0. The number of aromatic nitrogens is 2. The first-order valence-corrected chi connectivity index (χ1v) is 14.5. The summed E-state index contributed by atoms with van der Waals surface area (Å²) in [6.07, 6.45) is 0. The van der Waals surface area contributed by atoms with Crippen LogP contribution in [-0.2, 0) is 0 Å². The van der Waals surface area contributed by atoms with E-state index in [4.69, 9.17) is 4.98 Å². The van der Waals surface area contributed by atoms with Gasteiger partial charge in [-0.3, -0.25) is 0 Å². The molecule has 2 aromatic heterocycles. The fourth-order valence-corrected chi connectivity index (χ4v) is 6.89. The van der Waals surface area contributed by atoms with Crippen molar-refractivity contribution in [3.8, 4) is 22.9 Å². The van der Waals surface area contributed by atoms with Crippen molar-refractivity contribution in [2.75, 3.05) is 0 Å². The lowest BCUT2D eigenvalue weighted by Gasteiger charge is -2.15. The van der Waals surface area contributed by atoms with Crippen molar-refractivity contribution in [1.82, 2.24) is 9.55 Å². The van der Waals surface area contributed by atoms with E-state index in [2.05, 4.69) is 132 Å². The second-order valence-electron chi connectivity index (χ2n) is 11.1. The molecule has 0 aliphatic heterocycles. The number of para-hydroxylation sites is 1. The molecule has 0 aliphatic rings. The number of hydrogen-bond acceptors (Lipinski definition) is 2. The molecule has 3 nitrogen and oxygen atoms in total. The van der Waals surface area contributed by atoms with Gasteiger partial charge in [-0.2, -0.15) is 5.26 Å². The number of pyridine rings is 1. The fraction of sp³-hybridized carbons (Fsp3) is 0. The Hall–Kier alpha value is -5.98. The molecule has 0 saturated carbocycles. The van der Waals surface area contributed by atoms with E-state index in [0.29, 0.717) is 5.56 Å². The van der Waals surface area contributed by atoms with Gasteiger partial charge in [0, 0.05) is 43.6 Å². The van der Waals surface area contributed by atoms with Gasteiger partial charge in [-0.25, -0.2) is 4.98 Å². The van der Waals surface area contributed by atoms with E-state index < -0.39 is 0 Å². The Morgan fingerprint density at radius 3 is 1.72 bits per heavy atom. The number of rotatable bonds is 2. The summed E-state index contributed by atoms with van der Waals surface area (Å²) in [6.45, 7) is 0. The first-order valence-electron chi connectivity index (χ1n) is 14.5. The molecule has 0 saturated heterocycles. The molecule has 0 fully saturated rings. The molecule has 7 aromatic carbocycles. The van der Waals surface area contributed by atoms with Crippen LogP contribution in [0.1, 0.15) is 5.56 Å². The third kappa shape index (κ3) is 3.38. The van der Waals surface area contributed by atoms with Gasteiger partial charge in [0.25, 0.3) is 0 Å². The molecule has 0 spiro atoms. The second kappa shape index (κ2) is 9.01. The average molecular weight is 546 g/mol. The fourth-order valence-electron chi connectivity index (χ4n) is 6.89. The highest BCUT2D eigenvalue weighted by Crippen LogP contribution is 2.41. The van der Waals surface area contributed by atoms with Crippen molar-refractivity contribution in [1.29, 1.82) is 5.26 Å². The maximum absolute atomic E-state index is 9.88. The summed E-state index contributed by atoms with van der Waals surface area (Å²) in [6, 6.07) is 51.4. The van der Waals surface area contributed by atoms with Crippen LogP contribution in [0.2, 0.25) is 0 Å². The predicted octanol–water partition coefficient (Wildman–Crippen LogP) is 10.3. The van der Waals surface area contributed by atoms with Crippen LogP contribution in [0.5, 0.6) is 0 Å². The topological polar surface area (TPSA) is 41.6 Å². The summed E-state index contributed by atoms with van der Waals surface area (Å²) in [5.41, 5.74) is 8.25. The third-order valence-electron chi connectivity index (χ3n) is 8.80. The van der Waals surface area contributed by atoms with Gasteiger partial charge in [0.2, 0.25) is 0 Å². The molecule has 0 radical (unpaired) electrons. The molecule has 0 N–H and O–H groups in total. The van der Waals surface area contributed by atoms with Crippen molar-refractivity contribution in [3.05, 3.63) is 145 Å². The van der Waals surface area contributed by atoms with Gasteiger partial charge in [0.05, 0.1) is 33.7 Å². The lowest BCUT2D eigenvalue weighted by molar-refractivity contribution is 1.18. The lowest BCUT2D eigenvalue weighted by Crippen LogP contribution is -1.95. The lowest BCUT2D eigenvalue weighted by atomic mass is 9.92. The van der Waals surface area contributed by atoms with Crippen molar-refractivity contribution in [2.45, 2.75) is 0 Å². The molecule has 2 heterocycles. The molecule has 0 unspecified atom stereocenters. The third-order valence-corrected chi connectivity index (χ3v) is 8.80. The molecule has 198 valence electrons. The van der Waals surface area contributed by atoms with Gasteiger partial charge >= 0.3 is 0 Å². The van der Waals surface area contributed by atoms with Crippen LogP contribution in [0, 0.1) is 11.3 Å². The zero-order chi connectivity index (χ0) is 28.5. The molecule has 3 heteroatoms. The summed E-state index contributed by atoms with van der Waals surface area (Å²) in [7, 11) is 0. The maximum atomic E-state index is 9.88. The molecule has 9 aromatic rings.